The van der Waals surface area contributed by atoms with Crippen LogP contribution >= 0.6 is 11.8 Å². The molecule has 0 radical (unpaired) electrons. The third kappa shape index (κ3) is 6.71. The molecule has 0 bridgehead atoms. The minimum Gasteiger partial charge on any atom is -0.444 e. The van der Waals surface area contributed by atoms with Crippen molar-refractivity contribution in [2.75, 3.05) is 13.1 Å². The van der Waals surface area contributed by atoms with E-state index in [2.05, 4.69) is 12.2 Å². The fourth-order valence-electron chi connectivity index (χ4n) is 2.59. The molecule has 152 valence electrons. The van der Waals surface area contributed by atoms with Gasteiger partial charge in [0, 0.05) is 13.1 Å². The zero-order valence-corrected chi connectivity index (χ0v) is 17.7. The first kappa shape index (κ1) is 22.0. The molecule has 6 nitrogen and oxygen atoms in total. The van der Waals surface area contributed by atoms with Crippen molar-refractivity contribution in [3.63, 3.8) is 0 Å². The Morgan fingerprint density at radius 1 is 1.18 bits per heavy atom. The van der Waals surface area contributed by atoms with Crippen LogP contribution < -0.4 is 5.32 Å². The van der Waals surface area contributed by atoms with Crippen molar-refractivity contribution in [2.45, 2.75) is 52.6 Å². The van der Waals surface area contributed by atoms with E-state index in [9.17, 15) is 14.4 Å². The first-order valence-corrected chi connectivity index (χ1v) is 10.3. The van der Waals surface area contributed by atoms with Crippen molar-refractivity contribution in [3.8, 4) is 0 Å². The van der Waals surface area contributed by atoms with Crippen molar-refractivity contribution in [1.82, 2.24) is 10.2 Å². The molecule has 0 spiro atoms. The van der Waals surface area contributed by atoms with E-state index in [0.29, 0.717) is 30.8 Å². The number of hydrogen-bond acceptors (Lipinski definition) is 5. The van der Waals surface area contributed by atoms with Crippen molar-refractivity contribution in [1.29, 1.82) is 0 Å². The number of carbonyl (C=O) groups is 3. The largest absolute Gasteiger partial charge is 0.444 e. The summed E-state index contributed by atoms with van der Waals surface area (Å²) < 4.78 is 5.16. The predicted octanol–water partition coefficient (Wildman–Crippen LogP) is 4.59. The molecule has 0 aliphatic carbocycles. The molecule has 1 aliphatic rings. The predicted molar refractivity (Wildman–Crippen MR) is 112 cm³/mol. The Kier molecular flexibility index (Phi) is 7.69. The summed E-state index contributed by atoms with van der Waals surface area (Å²) in [7, 11) is 0. The van der Waals surface area contributed by atoms with E-state index in [-0.39, 0.29) is 11.1 Å². The number of aryl methyl sites for hydroxylation is 1. The zero-order chi connectivity index (χ0) is 20.7. The summed E-state index contributed by atoms with van der Waals surface area (Å²) in [6, 6.07) is 7.95. The second-order valence-corrected chi connectivity index (χ2v) is 8.56. The van der Waals surface area contributed by atoms with Crippen molar-refractivity contribution < 1.29 is 19.1 Å². The second-order valence-electron chi connectivity index (χ2n) is 7.56. The molecule has 1 fully saturated rings. The Morgan fingerprint density at radius 3 is 2.46 bits per heavy atom. The smallest absolute Gasteiger partial charge is 0.407 e. The number of thioether (sulfide) groups is 1. The van der Waals surface area contributed by atoms with Crippen LogP contribution in [0.2, 0.25) is 0 Å². The number of hydrogen-bond donors (Lipinski definition) is 1. The van der Waals surface area contributed by atoms with Gasteiger partial charge in [0.15, 0.2) is 0 Å². The maximum Gasteiger partial charge on any atom is 0.407 e. The lowest BCUT2D eigenvalue weighted by Crippen LogP contribution is -2.33. The van der Waals surface area contributed by atoms with Crippen LogP contribution in [0.25, 0.3) is 6.08 Å². The van der Waals surface area contributed by atoms with E-state index in [1.165, 1.54) is 10.5 Å². The lowest BCUT2D eigenvalue weighted by atomic mass is 10.1. The van der Waals surface area contributed by atoms with Gasteiger partial charge in [0.05, 0.1) is 4.91 Å². The molecule has 0 saturated carbocycles. The van der Waals surface area contributed by atoms with Crippen LogP contribution in [-0.4, -0.2) is 40.8 Å². The van der Waals surface area contributed by atoms with Gasteiger partial charge in [-0.1, -0.05) is 31.2 Å². The number of amides is 3. The zero-order valence-electron chi connectivity index (χ0n) is 16.9. The molecule has 28 heavy (non-hydrogen) atoms. The highest BCUT2D eigenvalue weighted by molar-refractivity contribution is 8.18. The summed E-state index contributed by atoms with van der Waals surface area (Å²) in [6.07, 6.45) is 3.52. The Labute approximate surface area is 170 Å². The number of ether oxygens (including phenoxy) is 1. The summed E-state index contributed by atoms with van der Waals surface area (Å²) in [4.78, 5) is 37.9. The second kappa shape index (κ2) is 9.78. The normalized spacial score (nSPS) is 16.0. The third-order valence-electron chi connectivity index (χ3n) is 4.04. The fraction of sp³-hybridized carbons (Fsp3) is 0.476. The highest BCUT2D eigenvalue weighted by Crippen LogP contribution is 2.32. The molecular formula is C21H28N2O4S. The Bertz CT molecular complexity index is 751. The quantitative estimate of drug-likeness (QED) is 0.531. The molecule has 0 aromatic heterocycles. The molecule has 1 aromatic rings. The summed E-state index contributed by atoms with van der Waals surface area (Å²) in [5.74, 6) is -0.255. The number of nitrogens with one attached hydrogen (secondary N) is 1. The van der Waals surface area contributed by atoms with Crippen molar-refractivity contribution in [2.24, 2.45) is 0 Å². The number of rotatable bonds is 7. The maximum absolute atomic E-state index is 12.5. The molecule has 3 amide bonds. The number of carbonyl (C=O) groups excluding carboxylic acids is 3. The maximum atomic E-state index is 12.5. The van der Waals surface area contributed by atoms with Gasteiger partial charge in [-0.05, 0) is 69.0 Å². The molecule has 1 aliphatic heterocycles. The minimum atomic E-state index is -0.532. The molecule has 2 rings (SSSR count). The first-order chi connectivity index (χ1) is 13.2. The van der Waals surface area contributed by atoms with Crippen LogP contribution in [-0.2, 0) is 16.0 Å². The van der Waals surface area contributed by atoms with Gasteiger partial charge in [0.25, 0.3) is 11.1 Å². The van der Waals surface area contributed by atoms with Crippen molar-refractivity contribution in [3.05, 3.63) is 40.3 Å². The van der Waals surface area contributed by atoms with E-state index >= 15 is 0 Å². The van der Waals surface area contributed by atoms with Gasteiger partial charge < -0.3 is 10.1 Å². The van der Waals surface area contributed by atoms with Gasteiger partial charge >= 0.3 is 6.09 Å². The molecular weight excluding hydrogens is 376 g/mol. The monoisotopic (exact) mass is 404 g/mol. The van der Waals surface area contributed by atoms with Crippen LogP contribution in [0, 0.1) is 0 Å². The summed E-state index contributed by atoms with van der Waals surface area (Å²) in [6.45, 7) is 8.27. The van der Waals surface area contributed by atoms with Crippen LogP contribution in [0.3, 0.4) is 0 Å². The van der Waals surface area contributed by atoms with E-state index in [4.69, 9.17) is 4.74 Å². The SMILES string of the molecule is CCc1ccc(/C=C2\SC(=O)N(CCCCNC(=O)OC(C)(C)C)C2=O)cc1. The van der Waals surface area contributed by atoms with E-state index < -0.39 is 11.7 Å². The molecule has 1 N–H and O–H groups in total. The number of benzene rings is 1. The standard InChI is InChI=1S/C21H28N2O4S/c1-5-15-8-10-16(11-9-15)14-17-18(24)23(20(26)28-17)13-7-6-12-22-19(25)27-21(2,3)4/h8-11,14H,5-7,12-13H2,1-4H3,(H,22,25)/b17-14-. The Morgan fingerprint density at radius 2 is 1.86 bits per heavy atom. The molecule has 1 saturated heterocycles. The Hall–Kier alpha value is -2.28. The highest BCUT2D eigenvalue weighted by Gasteiger charge is 2.34. The number of nitrogens with zero attached hydrogens (tertiary/aromatic N) is 1. The van der Waals surface area contributed by atoms with Gasteiger partial charge in [-0.3, -0.25) is 14.5 Å². The summed E-state index contributed by atoms with van der Waals surface area (Å²) >= 11 is 0.970. The van der Waals surface area contributed by atoms with E-state index in [0.717, 1.165) is 23.7 Å². The number of imide groups is 1. The van der Waals surface area contributed by atoms with Gasteiger partial charge in [-0.25, -0.2) is 4.79 Å². The molecule has 7 heteroatoms. The molecule has 0 atom stereocenters. The summed E-state index contributed by atoms with van der Waals surface area (Å²) in [5, 5.41) is 2.42. The molecule has 0 unspecified atom stereocenters. The minimum absolute atomic E-state index is 0.249. The average molecular weight is 405 g/mol. The lowest BCUT2D eigenvalue weighted by molar-refractivity contribution is -0.122. The lowest BCUT2D eigenvalue weighted by Gasteiger charge is -2.19. The Balaban J connectivity index is 1.80. The van der Waals surface area contributed by atoms with Crippen molar-refractivity contribution >= 4 is 35.1 Å². The first-order valence-electron chi connectivity index (χ1n) is 9.51. The number of alkyl carbamates (subject to hydrolysis) is 1. The van der Waals surface area contributed by atoms with Gasteiger partial charge in [-0.15, -0.1) is 0 Å². The highest BCUT2D eigenvalue weighted by atomic mass is 32.2. The van der Waals surface area contributed by atoms with E-state index in [1.54, 1.807) is 26.8 Å². The van der Waals surface area contributed by atoms with Gasteiger partial charge in [0.1, 0.15) is 5.60 Å². The summed E-state index contributed by atoms with van der Waals surface area (Å²) in [5.41, 5.74) is 1.60. The average Bonchev–Trinajstić information content (AvgIpc) is 2.87. The van der Waals surface area contributed by atoms with Crippen LogP contribution in [0.15, 0.2) is 29.2 Å². The van der Waals surface area contributed by atoms with Crippen LogP contribution in [0.4, 0.5) is 9.59 Å². The molecule has 1 aromatic carbocycles. The van der Waals surface area contributed by atoms with Crippen LogP contribution in [0.5, 0.6) is 0 Å². The third-order valence-corrected chi connectivity index (χ3v) is 4.94. The fourth-order valence-corrected chi connectivity index (χ4v) is 3.46. The molecule has 1 heterocycles. The van der Waals surface area contributed by atoms with Gasteiger partial charge in [-0.2, -0.15) is 0 Å². The van der Waals surface area contributed by atoms with Crippen LogP contribution in [0.1, 0.15) is 51.7 Å². The van der Waals surface area contributed by atoms with E-state index in [1.807, 2.05) is 24.3 Å². The van der Waals surface area contributed by atoms with Gasteiger partial charge in [0.2, 0.25) is 0 Å². The topological polar surface area (TPSA) is 75.7 Å². The number of unbranched alkanes of at least 4 members (excludes halogenated alkanes) is 1.